The van der Waals surface area contributed by atoms with Crippen LogP contribution >= 0.6 is 21.8 Å². The van der Waals surface area contributed by atoms with E-state index in [-0.39, 0.29) is 10.5 Å². The average molecular weight is 236 g/mol. The van der Waals surface area contributed by atoms with E-state index in [0.29, 0.717) is 6.54 Å². The van der Waals surface area contributed by atoms with Gasteiger partial charge in [0.05, 0.1) is 18.0 Å². The van der Waals surface area contributed by atoms with Gasteiger partial charge in [-0.25, -0.2) is 9.98 Å². The highest BCUT2D eigenvalue weighted by atomic mass is 32.2. The van der Waals surface area contributed by atoms with Crippen LogP contribution in [-0.4, -0.2) is 28.4 Å². The summed E-state index contributed by atoms with van der Waals surface area (Å²) in [5, 5.41) is 4.02. The van der Waals surface area contributed by atoms with Crippen LogP contribution in [0.2, 0.25) is 0 Å². The second-order valence-electron chi connectivity index (χ2n) is 3.07. The lowest BCUT2D eigenvalue weighted by Crippen LogP contribution is -2.22. The summed E-state index contributed by atoms with van der Waals surface area (Å²) in [5.74, 6) is 0. The van der Waals surface area contributed by atoms with Crippen LogP contribution in [0.5, 0.6) is 0 Å². The summed E-state index contributed by atoms with van der Waals surface area (Å²) in [6.45, 7) is 0.693. The number of aromatic nitrogens is 1. The highest BCUT2D eigenvalue weighted by Gasteiger charge is 2.24. The minimum absolute atomic E-state index is 0.114. The second kappa shape index (κ2) is 3.39. The lowest BCUT2D eigenvalue weighted by Gasteiger charge is -2.07. The standard InChI is InChI=1S/C9H8N4S2/c10-6-4-15(9-12-1-2-14-9)7-3-11-5-13-8(6)7/h1-2,4-5H,3,10H2. The van der Waals surface area contributed by atoms with E-state index >= 15 is 0 Å². The number of rotatable bonds is 1. The third-order valence-corrected chi connectivity index (χ3v) is 5.37. The van der Waals surface area contributed by atoms with E-state index in [1.165, 1.54) is 4.86 Å². The predicted octanol–water partition coefficient (Wildman–Crippen LogP) is 1.24. The summed E-state index contributed by atoms with van der Waals surface area (Å²) in [7, 11) is -0.114. The van der Waals surface area contributed by atoms with Crippen molar-refractivity contribution in [3.63, 3.8) is 0 Å². The van der Waals surface area contributed by atoms with Gasteiger partial charge in [0.15, 0.2) is 0 Å². The lowest BCUT2D eigenvalue weighted by molar-refractivity contribution is 1.25. The lowest BCUT2D eigenvalue weighted by atomic mass is 10.2. The number of thiazole rings is 1. The smallest absolute Gasteiger partial charge is 0.148 e. The molecule has 15 heavy (non-hydrogen) atoms. The summed E-state index contributed by atoms with van der Waals surface area (Å²) < 4.78 is 1.09. The van der Waals surface area contributed by atoms with Crippen molar-refractivity contribution in [3.05, 3.63) is 22.7 Å². The van der Waals surface area contributed by atoms with Crippen LogP contribution < -0.4 is 5.73 Å². The molecule has 0 radical (unpaired) electrons. The first-order chi connectivity index (χ1) is 7.36. The molecule has 1 aromatic heterocycles. The Balaban J connectivity index is 2.17. The second-order valence-corrected chi connectivity index (χ2v) is 6.01. The summed E-state index contributed by atoms with van der Waals surface area (Å²) >= 11 is 1.65. The number of nitrogens with two attached hydrogens (primary N) is 1. The predicted molar refractivity (Wildman–Crippen MR) is 66.0 cm³/mol. The molecule has 0 spiro atoms. The summed E-state index contributed by atoms with van der Waals surface area (Å²) in [6.07, 6.45) is 3.40. The molecule has 6 heteroatoms. The molecule has 0 aromatic carbocycles. The fourth-order valence-corrected chi connectivity index (χ4v) is 4.48. The van der Waals surface area contributed by atoms with Crippen LogP contribution in [0.4, 0.5) is 0 Å². The first-order valence-corrected chi connectivity index (χ1v) is 6.55. The molecule has 0 fully saturated rings. The molecule has 2 N–H and O–H groups in total. The minimum atomic E-state index is -0.114. The van der Waals surface area contributed by atoms with E-state index in [4.69, 9.17) is 5.73 Å². The Morgan fingerprint density at radius 3 is 3.20 bits per heavy atom. The highest BCUT2D eigenvalue weighted by molar-refractivity contribution is 8.21. The van der Waals surface area contributed by atoms with E-state index in [0.717, 1.165) is 15.7 Å². The monoisotopic (exact) mass is 236 g/mol. The molecule has 3 rings (SSSR count). The molecule has 3 heterocycles. The number of allylic oxidation sites excluding steroid dienone is 1. The van der Waals surface area contributed by atoms with Crippen LogP contribution in [0.3, 0.4) is 0 Å². The largest absolute Gasteiger partial charge is 0.397 e. The molecule has 0 saturated heterocycles. The molecule has 4 nitrogen and oxygen atoms in total. The van der Waals surface area contributed by atoms with Crippen LogP contribution in [0.25, 0.3) is 0 Å². The third kappa shape index (κ3) is 1.37. The Bertz CT molecular complexity index is 522. The molecule has 0 aliphatic carbocycles. The maximum atomic E-state index is 5.92. The van der Waals surface area contributed by atoms with Crippen LogP contribution in [0.15, 0.2) is 37.0 Å². The van der Waals surface area contributed by atoms with E-state index < -0.39 is 0 Å². The Morgan fingerprint density at radius 2 is 2.40 bits per heavy atom. The van der Waals surface area contributed by atoms with Gasteiger partial charge >= 0.3 is 0 Å². The molecule has 76 valence electrons. The van der Waals surface area contributed by atoms with Gasteiger partial charge in [-0.1, -0.05) is 10.5 Å². The SMILES string of the molecule is NC1=CS(c2nccs2)=C2CN=CN=C12. The molecule has 0 amide bonds. The van der Waals surface area contributed by atoms with Crippen molar-refractivity contribution in [2.24, 2.45) is 15.7 Å². The summed E-state index contributed by atoms with van der Waals surface area (Å²) in [6, 6.07) is 0. The topological polar surface area (TPSA) is 63.6 Å². The minimum Gasteiger partial charge on any atom is -0.397 e. The fourth-order valence-electron chi connectivity index (χ4n) is 1.51. The molecule has 2 aliphatic heterocycles. The molecule has 1 unspecified atom stereocenters. The van der Waals surface area contributed by atoms with Crippen molar-refractivity contribution in [1.82, 2.24) is 4.98 Å². The van der Waals surface area contributed by atoms with Crippen LogP contribution in [0.1, 0.15) is 0 Å². The Hall–Kier alpha value is -1.27. The van der Waals surface area contributed by atoms with Crippen LogP contribution in [0, 0.1) is 0 Å². The zero-order chi connectivity index (χ0) is 10.3. The number of nitrogens with zero attached hydrogens (tertiary/aromatic N) is 3. The quantitative estimate of drug-likeness (QED) is 0.746. The zero-order valence-electron chi connectivity index (χ0n) is 7.75. The average Bonchev–Trinajstić information content (AvgIpc) is 2.87. The van der Waals surface area contributed by atoms with Gasteiger partial charge in [0.2, 0.25) is 0 Å². The number of hydrogen-bond acceptors (Lipinski definition) is 5. The summed E-state index contributed by atoms with van der Waals surface area (Å²) in [5.41, 5.74) is 7.58. The van der Waals surface area contributed by atoms with Crippen molar-refractivity contribution in [2.75, 3.05) is 6.54 Å². The van der Waals surface area contributed by atoms with E-state index in [1.54, 1.807) is 17.7 Å². The van der Waals surface area contributed by atoms with Gasteiger partial charge in [-0.2, -0.15) is 0 Å². The molecule has 1 aromatic rings. The number of fused-ring (bicyclic) bond motifs is 1. The van der Waals surface area contributed by atoms with Gasteiger partial charge in [-0.3, -0.25) is 4.99 Å². The van der Waals surface area contributed by atoms with Gasteiger partial charge in [-0.15, -0.1) is 11.3 Å². The van der Waals surface area contributed by atoms with Crippen molar-refractivity contribution in [3.8, 4) is 0 Å². The number of aliphatic imine (C=N–C) groups is 2. The van der Waals surface area contributed by atoms with Gasteiger partial charge in [0.25, 0.3) is 0 Å². The van der Waals surface area contributed by atoms with E-state index in [1.807, 2.05) is 17.0 Å². The van der Waals surface area contributed by atoms with Crippen molar-refractivity contribution in [2.45, 2.75) is 4.34 Å². The summed E-state index contributed by atoms with van der Waals surface area (Å²) in [4.78, 5) is 13.9. The van der Waals surface area contributed by atoms with Crippen molar-refractivity contribution in [1.29, 1.82) is 0 Å². The zero-order valence-corrected chi connectivity index (χ0v) is 9.38. The Morgan fingerprint density at radius 1 is 1.47 bits per heavy atom. The maximum Gasteiger partial charge on any atom is 0.148 e. The van der Waals surface area contributed by atoms with E-state index in [2.05, 4.69) is 15.0 Å². The van der Waals surface area contributed by atoms with E-state index in [9.17, 15) is 0 Å². The van der Waals surface area contributed by atoms with Crippen molar-refractivity contribution >= 4 is 38.7 Å². The fraction of sp³-hybridized carbons (Fsp3) is 0.111. The van der Waals surface area contributed by atoms with Gasteiger partial charge in [-0.05, 0) is 5.41 Å². The van der Waals surface area contributed by atoms with Gasteiger partial charge < -0.3 is 5.73 Å². The molecule has 1 atom stereocenters. The third-order valence-electron chi connectivity index (χ3n) is 2.15. The highest BCUT2D eigenvalue weighted by Crippen LogP contribution is 2.37. The van der Waals surface area contributed by atoms with Crippen molar-refractivity contribution < 1.29 is 0 Å². The maximum absolute atomic E-state index is 5.92. The molecule has 2 aliphatic rings. The molecule has 0 bridgehead atoms. The Kier molecular flexibility index (Phi) is 2.03. The number of hydrogen-bond donors (Lipinski definition) is 1. The molecular weight excluding hydrogens is 228 g/mol. The van der Waals surface area contributed by atoms with Gasteiger partial charge in [0.1, 0.15) is 10.7 Å². The normalized spacial score (nSPS) is 23.7. The first-order valence-electron chi connectivity index (χ1n) is 4.39. The van der Waals surface area contributed by atoms with Crippen LogP contribution in [-0.2, 0) is 0 Å². The Labute approximate surface area is 93.2 Å². The van der Waals surface area contributed by atoms with Gasteiger partial charge in [0, 0.05) is 16.4 Å². The molecular formula is C9H8N4S2. The molecule has 0 saturated carbocycles. The first kappa shape index (κ1) is 8.99.